The standard InChI is InChI=1S/C14H20N2OS/c1-2-17-13-8-6-12(7-9-13)15-14(18)16-10-4-3-5-11-16/h6-9H,2-5,10-11H2,1H3,(H,15,18). The average molecular weight is 264 g/mol. The zero-order valence-electron chi connectivity index (χ0n) is 10.8. The minimum absolute atomic E-state index is 0.693. The third-order valence-corrected chi connectivity index (χ3v) is 3.42. The van der Waals surface area contributed by atoms with Gasteiger partial charge in [-0.05, 0) is 62.7 Å². The molecule has 0 aromatic heterocycles. The van der Waals surface area contributed by atoms with Gasteiger partial charge in [0.05, 0.1) is 6.61 Å². The normalized spacial score (nSPS) is 15.3. The number of thiocarbonyl (C=S) groups is 1. The van der Waals surface area contributed by atoms with Crippen molar-refractivity contribution in [3.63, 3.8) is 0 Å². The molecule has 2 rings (SSSR count). The second kappa shape index (κ2) is 6.59. The van der Waals surface area contributed by atoms with Crippen molar-refractivity contribution in [1.82, 2.24) is 4.90 Å². The van der Waals surface area contributed by atoms with Gasteiger partial charge in [0.2, 0.25) is 0 Å². The Morgan fingerprint density at radius 2 is 1.89 bits per heavy atom. The number of rotatable bonds is 3. The van der Waals surface area contributed by atoms with E-state index in [-0.39, 0.29) is 0 Å². The van der Waals surface area contributed by atoms with E-state index < -0.39 is 0 Å². The summed E-state index contributed by atoms with van der Waals surface area (Å²) in [7, 11) is 0. The van der Waals surface area contributed by atoms with Crippen LogP contribution in [0.5, 0.6) is 5.75 Å². The summed E-state index contributed by atoms with van der Waals surface area (Å²) >= 11 is 5.42. The molecule has 3 nitrogen and oxygen atoms in total. The average Bonchev–Trinajstić information content (AvgIpc) is 2.42. The monoisotopic (exact) mass is 264 g/mol. The molecular formula is C14H20N2OS. The number of ether oxygens (including phenoxy) is 1. The van der Waals surface area contributed by atoms with Crippen molar-refractivity contribution in [3.05, 3.63) is 24.3 Å². The van der Waals surface area contributed by atoms with Crippen molar-refractivity contribution < 1.29 is 4.74 Å². The summed E-state index contributed by atoms with van der Waals surface area (Å²) in [6.45, 7) is 4.82. The summed E-state index contributed by atoms with van der Waals surface area (Å²) in [5.41, 5.74) is 1.02. The number of piperidine rings is 1. The number of likely N-dealkylation sites (tertiary alicyclic amines) is 1. The summed E-state index contributed by atoms with van der Waals surface area (Å²) in [6, 6.07) is 7.93. The maximum atomic E-state index is 5.42. The van der Waals surface area contributed by atoms with Crippen LogP contribution in [0.15, 0.2) is 24.3 Å². The highest BCUT2D eigenvalue weighted by molar-refractivity contribution is 7.80. The van der Waals surface area contributed by atoms with Gasteiger partial charge in [-0.1, -0.05) is 0 Å². The van der Waals surface area contributed by atoms with Crippen LogP contribution >= 0.6 is 12.2 Å². The molecule has 98 valence electrons. The van der Waals surface area contributed by atoms with E-state index in [0.29, 0.717) is 6.61 Å². The Morgan fingerprint density at radius 3 is 2.50 bits per heavy atom. The molecule has 0 atom stereocenters. The molecule has 1 aromatic carbocycles. The molecule has 4 heteroatoms. The van der Waals surface area contributed by atoms with E-state index in [9.17, 15) is 0 Å². The number of nitrogens with one attached hydrogen (secondary N) is 1. The zero-order valence-corrected chi connectivity index (χ0v) is 11.6. The van der Waals surface area contributed by atoms with Crippen LogP contribution in [0.25, 0.3) is 0 Å². The summed E-state index contributed by atoms with van der Waals surface area (Å²) in [5, 5.41) is 4.12. The molecule has 1 aliphatic heterocycles. The Bertz CT molecular complexity index is 385. The van der Waals surface area contributed by atoms with Gasteiger partial charge >= 0.3 is 0 Å². The van der Waals surface area contributed by atoms with Crippen molar-refractivity contribution in [3.8, 4) is 5.75 Å². The summed E-state index contributed by atoms with van der Waals surface area (Å²) < 4.78 is 5.41. The van der Waals surface area contributed by atoms with E-state index in [2.05, 4.69) is 10.2 Å². The second-order valence-electron chi connectivity index (χ2n) is 4.44. The number of benzene rings is 1. The van der Waals surface area contributed by atoms with Crippen molar-refractivity contribution in [2.45, 2.75) is 26.2 Å². The van der Waals surface area contributed by atoms with Crippen molar-refractivity contribution in [2.24, 2.45) is 0 Å². The quantitative estimate of drug-likeness (QED) is 0.847. The molecule has 0 unspecified atom stereocenters. The first kappa shape index (κ1) is 13.1. The lowest BCUT2D eigenvalue weighted by Gasteiger charge is -2.29. The zero-order chi connectivity index (χ0) is 12.8. The van der Waals surface area contributed by atoms with Crippen LogP contribution in [0.3, 0.4) is 0 Å². The predicted octanol–water partition coefficient (Wildman–Crippen LogP) is 3.27. The molecular weight excluding hydrogens is 244 g/mol. The van der Waals surface area contributed by atoms with E-state index >= 15 is 0 Å². The van der Waals surface area contributed by atoms with Gasteiger partial charge in [0.1, 0.15) is 5.75 Å². The molecule has 0 saturated carbocycles. The van der Waals surface area contributed by atoms with Gasteiger partial charge in [0.25, 0.3) is 0 Å². The summed E-state index contributed by atoms with van der Waals surface area (Å²) in [6.07, 6.45) is 3.80. The van der Waals surface area contributed by atoms with Gasteiger partial charge in [-0.25, -0.2) is 0 Å². The molecule has 1 heterocycles. The Labute approximate surface area is 114 Å². The lowest BCUT2D eigenvalue weighted by molar-refractivity contribution is 0.340. The number of anilines is 1. The smallest absolute Gasteiger partial charge is 0.173 e. The summed E-state index contributed by atoms with van der Waals surface area (Å²) in [4.78, 5) is 2.25. The molecule has 1 fully saturated rings. The molecule has 1 saturated heterocycles. The van der Waals surface area contributed by atoms with Crippen LogP contribution in [-0.4, -0.2) is 29.7 Å². The fourth-order valence-electron chi connectivity index (χ4n) is 2.10. The van der Waals surface area contributed by atoms with Gasteiger partial charge in [0.15, 0.2) is 5.11 Å². The maximum absolute atomic E-state index is 5.42. The Balaban J connectivity index is 1.89. The van der Waals surface area contributed by atoms with Gasteiger partial charge in [0, 0.05) is 18.8 Å². The van der Waals surface area contributed by atoms with E-state index in [4.69, 9.17) is 17.0 Å². The highest BCUT2D eigenvalue weighted by Crippen LogP contribution is 2.17. The van der Waals surface area contributed by atoms with Crippen molar-refractivity contribution in [2.75, 3.05) is 25.0 Å². The van der Waals surface area contributed by atoms with Gasteiger partial charge in [-0.2, -0.15) is 0 Å². The lowest BCUT2D eigenvalue weighted by atomic mass is 10.1. The third-order valence-electron chi connectivity index (χ3n) is 3.06. The van der Waals surface area contributed by atoms with Crippen LogP contribution in [0.2, 0.25) is 0 Å². The van der Waals surface area contributed by atoms with Crippen LogP contribution in [0, 0.1) is 0 Å². The van der Waals surface area contributed by atoms with Crippen LogP contribution in [0.1, 0.15) is 26.2 Å². The Kier molecular flexibility index (Phi) is 4.81. The predicted molar refractivity (Wildman–Crippen MR) is 79.3 cm³/mol. The van der Waals surface area contributed by atoms with E-state index in [1.165, 1.54) is 19.3 Å². The Hall–Kier alpha value is -1.29. The third kappa shape index (κ3) is 3.60. The van der Waals surface area contributed by atoms with E-state index in [1.54, 1.807) is 0 Å². The van der Waals surface area contributed by atoms with Gasteiger partial charge < -0.3 is 15.0 Å². The lowest BCUT2D eigenvalue weighted by Crippen LogP contribution is -2.38. The minimum Gasteiger partial charge on any atom is -0.494 e. The first-order valence-electron chi connectivity index (χ1n) is 6.58. The van der Waals surface area contributed by atoms with E-state index in [1.807, 2.05) is 31.2 Å². The largest absolute Gasteiger partial charge is 0.494 e. The van der Waals surface area contributed by atoms with Crippen molar-refractivity contribution in [1.29, 1.82) is 0 Å². The fraction of sp³-hybridized carbons (Fsp3) is 0.500. The molecule has 1 N–H and O–H groups in total. The minimum atomic E-state index is 0.693. The molecule has 0 radical (unpaired) electrons. The molecule has 0 spiro atoms. The highest BCUT2D eigenvalue weighted by atomic mass is 32.1. The van der Waals surface area contributed by atoms with Crippen LogP contribution in [0.4, 0.5) is 5.69 Å². The SMILES string of the molecule is CCOc1ccc(NC(=S)N2CCCCC2)cc1. The molecule has 0 aliphatic carbocycles. The number of hydrogen-bond acceptors (Lipinski definition) is 2. The molecule has 1 aliphatic rings. The van der Waals surface area contributed by atoms with Crippen molar-refractivity contribution >= 4 is 23.0 Å². The first-order valence-corrected chi connectivity index (χ1v) is 6.99. The number of hydrogen-bond donors (Lipinski definition) is 1. The van der Waals surface area contributed by atoms with Crippen LogP contribution < -0.4 is 10.1 Å². The van der Waals surface area contributed by atoms with Crippen LogP contribution in [-0.2, 0) is 0 Å². The first-order chi connectivity index (χ1) is 8.79. The number of nitrogens with zero attached hydrogens (tertiary/aromatic N) is 1. The molecule has 18 heavy (non-hydrogen) atoms. The molecule has 1 aromatic rings. The Morgan fingerprint density at radius 1 is 1.22 bits per heavy atom. The maximum Gasteiger partial charge on any atom is 0.173 e. The second-order valence-corrected chi connectivity index (χ2v) is 4.82. The van der Waals surface area contributed by atoms with Gasteiger partial charge in [-0.15, -0.1) is 0 Å². The topological polar surface area (TPSA) is 24.5 Å². The van der Waals surface area contributed by atoms with E-state index in [0.717, 1.165) is 29.6 Å². The van der Waals surface area contributed by atoms with Gasteiger partial charge in [-0.3, -0.25) is 0 Å². The highest BCUT2D eigenvalue weighted by Gasteiger charge is 2.13. The molecule has 0 bridgehead atoms. The fourth-order valence-corrected chi connectivity index (χ4v) is 2.40. The molecule has 0 amide bonds. The summed E-state index contributed by atoms with van der Waals surface area (Å²) in [5.74, 6) is 0.895.